The summed E-state index contributed by atoms with van der Waals surface area (Å²) in [6, 6.07) is 0.0750. The van der Waals surface area contributed by atoms with Crippen molar-refractivity contribution in [3.8, 4) is 0 Å². The molecule has 0 radical (unpaired) electrons. The molecule has 1 amide bonds. The van der Waals surface area contributed by atoms with Crippen LogP contribution < -0.4 is 10.2 Å². The molecule has 1 saturated carbocycles. The molecule has 1 aromatic rings. The molecule has 0 bridgehead atoms. The molecule has 0 spiro atoms. The molecule has 0 aromatic carbocycles. The number of aryl methyl sites for hydroxylation is 1. The van der Waals surface area contributed by atoms with Crippen LogP contribution in [-0.4, -0.2) is 40.7 Å². The SMILES string of the molecule is O=C(NC1CCCc2nc(N3CCC(CO)CC3)ncc21)C1CCC1. The van der Waals surface area contributed by atoms with Crippen molar-refractivity contribution in [1.29, 1.82) is 0 Å². The lowest BCUT2D eigenvalue weighted by atomic mass is 9.84. The van der Waals surface area contributed by atoms with Crippen LogP contribution in [0.25, 0.3) is 0 Å². The average molecular weight is 344 g/mol. The summed E-state index contributed by atoms with van der Waals surface area (Å²) in [5, 5.41) is 12.5. The standard InChI is InChI=1S/C19H28N4O2/c24-12-13-7-9-23(10-8-13)19-20-11-15-16(5-2-6-17(15)22-19)21-18(25)14-3-1-4-14/h11,13-14,16,24H,1-10,12H2,(H,21,25). The van der Waals surface area contributed by atoms with Crippen LogP contribution in [0.3, 0.4) is 0 Å². The molecule has 2 heterocycles. The normalized spacial score (nSPS) is 24.5. The monoisotopic (exact) mass is 344 g/mol. The van der Waals surface area contributed by atoms with Crippen molar-refractivity contribution in [2.75, 3.05) is 24.6 Å². The van der Waals surface area contributed by atoms with E-state index in [0.29, 0.717) is 5.92 Å². The summed E-state index contributed by atoms with van der Waals surface area (Å²) < 4.78 is 0. The van der Waals surface area contributed by atoms with E-state index in [9.17, 15) is 9.90 Å². The zero-order chi connectivity index (χ0) is 17.2. The molecule has 1 saturated heterocycles. The number of carbonyl (C=O) groups excluding carboxylic acids is 1. The highest BCUT2D eigenvalue weighted by Gasteiger charge is 2.30. The second-order valence-electron chi connectivity index (χ2n) is 7.77. The molecule has 1 aromatic heterocycles. The lowest BCUT2D eigenvalue weighted by Gasteiger charge is -2.33. The van der Waals surface area contributed by atoms with Crippen LogP contribution in [0.2, 0.25) is 0 Å². The lowest BCUT2D eigenvalue weighted by molar-refractivity contribution is -0.128. The Bertz CT molecular complexity index is 624. The molecule has 2 fully saturated rings. The zero-order valence-corrected chi connectivity index (χ0v) is 14.8. The Morgan fingerprint density at radius 2 is 2.00 bits per heavy atom. The number of aromatic nitrogens is 2. The van der Waals surface area contributed by atoms with Crippen molar-refractivity contribution >= 4 is 11.9 Å². The third-order valence-electron chi connectivity index (χ3n) is 6.12. The predicted molar refractivity (Wildman–Crippen MR) is 95.2 cm³/mol. The van der Waals surface area contributed by atoms with Crippen molar-refractivity contribution in [1.82, 2.24) is 15.3 Å². The average Bonchev–Trinajstić information content (AvgIpc) is 2.60. The van der Waals surface area contributed by atoms with E-state index in [-0.39, 0.29) is 24.5 Å². The first-order valence-corrected chi connectivity index (χ1v) is 9.76. The maximum atomic E-state index is 12.3. The van der Waals surface area contributed by atoms with Gasteiger partial charge in [-0.2, -0.15) is 0 Å². The van der Waals surface area contributed by atoms with E-state index in [4.69, 9.17) is 4.98 Å². The van der Waals surface area contributed by atoms with Gasteiger partial charge in [0, 0.05) is 37.4 Å². The molecule has 4 rings (SSSR count). The minimum absolute atomic E-state index is 0.0750. The minimum atomic E-state index is 0.0750. The van der Waals surface area contributed by atoms with Gasteiger partial charge in [0.15, 0.2) is 0 Å². The molecule has 25 heavy (non-hydrogen) atoms. The largest absolute Gasteiger partial charge is 0.396 e. The highest BCUT2D eigenvalue weighted by Crippen LogP contribution is 2.32. The molecule has 2 N–H and O–H groups in total. The first-order chi connectivity index (χ1) is 12.2. The number of hydrogen-bond donors (Lipinski definition) is 2. The van der Waals surface area contributed by atoms with Gasteiger partial charge in [0.05, 0.1) is 11.7 Å². The second kappa shape index (κ2) is 7.28. The molecular weight excluding hydrogens is 316 g/mol. The lowest BCUT2D eigenvalue weighted by Crippen LogP contribution is -2.39. The van der Waals surface area contributed by atoms with Gasteiger partial charge in [0.2, 0.25) is 11.9 Å². The van der Waals surface area contributed by atoms with Gasteiger partial charge in [-0.05, 0) is 50.9 Å². The van der Waals surface area contributed by atoms with Crippen LogP contribution in [0.5, 0.6) is 0 Å². The molecule has 1 unspecified atom stereocenters. The van der Waals surface area contributed by atoms with Gasteiger partial charge >= 0.3 is 0 Å². The summed E-state index contributed by atoms with van der Waals surface area (Å²) in [7, 11) is 0. The number of piperidine rings is 1. The van der Waals surface area contributed by atoms with E-state index in [0.717, 1.165) is 75.2 Å². The van der Waals surface area contributed by atoms with Crippen molar-refractivity contribution in [3.63, 3.8) is 0 Å². The van der Waals surface area contributed by atoms with Crippen LogP contribution in [0.15, 0.2) is 6.20 Å². The van der Waals surface area contributed by atoms with E-state index >= 15 is 0 Å². The number of nitrogens with zero attached hydrogens (tertiary/aromatic N) is 3. The van der Waals surface area contributed by atoms with E-state index < -0.39 is 0 Å². The van der Waals surface area contributed by atoms with Gasteiger partial charge in [0.25, 0.3) is 0 Å². The number of aliphatic hydroxyl groups excluding tert-OH is 1. The van der Waals surface area contributed by atoms with Crippen LogP contribution in [0.4, 0.5) is 5.95 Å². The Labute approximate surface area is 149 Å². The third kappa shape index (κ3) is 3.50. The van der Waals surface area contributed by atoms with Crippen LogP contribution in [0.1, 0.15) is 62.2 Å². The molecular formula is C19H28N4O2. The number of fused-ring (bicyclic) bond motifs is 1. The number of hydrogen-bond acceptors (Lipinski definition) is 5. The van der Waals surface area contributed by atoms with Crippen LogP contribution >= 0.6 is 0 Å². The van der Waals surface area contributed by atoms with Crippen molar-refractivity contribution < 1.29 is 9.90 Å². The maximum absolute atomic E-state index is 12.3. The Morgan fingerprint density at radius 1 is 1.20 bits per heavy atom. The third-order valence-corrected chi connectivity index (χ3v) is 6.12. The van der Waals surface area contributed by atoms with Gasteiger partial charge in [-0.3, -0.25) is 4.79 Å². The van der Waals surface area contributed by atoms with Crippen LogP contribution in [0, 0.1) is 11.8 Å². The van der Waals surface area contributed by atoms with Crippen LogP contribution in [-0.2, 0) is 11.2 Å². The highest BCUT2D eigenvalue weighted by molar-refractivity contribution is 5.79. The summed E-state index contributed by atoms with van der Waals surface area (Å²) in [6.07, 6.45) is 10.2. The van der Waals surface area contributed by atoms with Crippen molar-refractivity contribution in [2.45, 2.75) is 57.4 Å². The molecule has 6 nitrogen and oxygen atoms in total. The van der Waals surface area contributed by atoms with Gasteiger partial charge in [0.1, 0.15) is 0 Å². The summed E-state index contributed by atoms with van der Waals surface area (Å²) >= 11 is 0. The van der Waals surface area contributed by atoms with Gasteiger partial charge < -0.3 is 15.3 Å². The molecule has 6 heteroatoms. The Balaban J connectivity index is 1.45. The first-order valence-electron chi connectivity index (χ1n) is 9.76. The Kier molecular flexibility index (Phi) is 4.88. The summed E-state index contributed by atoms with van der Waals surface area (Å²) in [5.41, 5.74) is 2.20. The Hall–Kier alpha value is -1.69. The summed E-state index contributed by atoms with van der Waals surface area (Å²) in [5.74, 6) is 1.65. The smallest absolute Gasteiger partial charge is 0.225 e. The van der Waals surface area contributed by atoms with E-state index in [1.807, 2.05) is 6.20 Å². The van der Waals surface area contributed by atoms with E-state index in [1.165, 1.54) is 6.42 Å². The molecule has 1 atom stereocenters. The fraction of sp³-hybridized carbons (Fsp3) is 0.737. The van der Waals surface area contributed by atoms with Crippen molar-refractivity contribution in [3.05, 3.63) is 17.5 Å². The number of carbonyl (C=O) groups is 1. The zero-order valence-electron chi connectivity index (χ0n) is 14.8. The topological polar surface area (TPSA) is 78.4 Å². The number of anilines is 1. The quantitative estimate of drug-likeness (QED) is 0.873. The molecule has 3 aliphatic rings. The highest BCUT2D eigenvalue weighted by atomic mass is 16.3. The summed E-state index contributed by atoms with van der Waals surface area (Å²) in [4.78, 5) is 24.0. The summed E-state index contributed by atoms with van der Waals surface area (Å²) in [6.45, 7) is 2.10. The first kappa shape index (κ1) is 16.8. The van der Waals surface area contributed by atoms with E-state index in [1.54, 1.807) is 0 Å². The molecule has 136 valence electrons. The number of rotatable bonds is 4. The van der Waals surface area contributed by atoms with Gasteiger partial charge in [-0.15, -0.1) is 0 Å². The second-order valence-corrected chi connectivity index (χ2v) is 7.77. The van der Waals surface area contributed by atoms with Gasteiger partial charge in [-0.25, -0.2) is 9.97 Å². The van der Waals surface area contributed by atoms with Gasteiger partial charge in [-0.1, -0.05) is 6.42 Å². The minimum Gasteiger partial charge on any atom is -0.396 e. The maximum Gasteiger partial charge on any atom is 0.225 e. The Morgan fingerprint density at radius 3 is 2.68 bits per heavy atom. The number of amides is 1. The molecule has 2 aliphatic carbocycles. The van der Waals surface area contributed by atoms with Crippen molar-refractivity contribution in [2.24, 2.45) is 11.8 Å². The molecule has 1 aliphatic heterocycles. The number of nitrogens with one attached hydrogen (secondary N) is 1. The number of aliphatic hydroxyl groups is 1. The fourth-order valence-corrected chi connectivity index (χ4v) is 4.11. The fourth-order valence-electron chi connectivity index (χ4n) is 4.11. The predicted octanol–water partition coefficient (Wildman–Crippen LogP) is 1.98. The van der Waals surface area contributed by atoms with E-state index in [2.05, 4.69) is 15.2 Å².